The molecule has 10 heteroatoms. The third kappa shape index (κ3) is 3.62. The zero-order chi connectivity index (χ0) is 17.9. The summed E-state index contributed by atoms with van der Waals surface area (Å²) in [5.41, 5.74) is 12.5. The Balaban J connectivity index is 2.18. The van der Waals surface area contributed by atoms with Crippen molar-refractivity contribution in [2.24, 2.45) is 5.73 Å². The first-order valence-corrected chi connectivity index (χ1v) is 6.71. The van der Waals surface area contributed by atoms with Gasteiger partial charge in [0.25, 0.3) is 0 Å². The van der Waals surface area contributed by atoms with Crippen LogP contribution in [0.5, 0.6) is 5.75 Å². The average molecular weight is 337 g/mol. The van der Waals surface area contributed by atoms with Crippen LogP contribution in [0, 0.1) is 6.92 Å². The molecule has 0 spiro atoms. The normalized spacial score (nSPS) is 11.8. The van der Waals surface area contributed by atoms with E-state index >= 15 is 0 Å². The molecule has 2 rings (SSSR count). The Kier molecular flexibility index (Phi) is 5.02. The van der Waals surface area contributed by atoms with Gasteiger partial charge in [0.2, 0.25) is 5.75 Å². The molecule has 1 heterocycles. The SMILES string of the molecule is Cc1c(OC(=O)NOC(=O)C(N)CO)c(=O)oc2cc(N)ccc12. The first-order valence-electron chi connectivity index (χ1n) is 6.71. The number of nitrogens with one attached hydrogen (secondary N) is 1. The molecule has 1 amide bonds. The average Bonchev–Trinajstić information content (AvgIpc) is 2.55. The van der Waals surface area contributed by atoms with Crippen LogP contribution < -0.4 is 27.3 Å². The number of benzene rings is 1. The number of hydrogen-bond donors (Lipinski definition) is 4. The van der Waals surface area contributed by atoms with Crippen molar-refractivity contribution in [1.82, 2.24) is 5.48 Å². The van der Waals surface area contributed by atoms with Crippen LogP contribution in [-0.4, -0.2) is 29.8 Å². The highest BCUT2D eigenvalue weighted by Crippen LogP contribution is 2.25. The molecule has 0 saturated heterocycles. The summed E-state index contributed by atoms with van der Waals surface area (Å²) in [6, 6.07) is 3.35. The summed E-state index contributed by atoms with van der Waals surface area (Å²) in [7, 11) is 0. The number of aliphatic hydroxyl groups is 1. The smallest absolute Gasteiger partial charge is 0.420 e. The molecule has 1 unspecified atom stereocenters. The van der Waals surface area contributed by atoms with Crippen molar-refractivity contribution in [1.29, 1.82) is 0 Å². The fourth-order valence-electron chi connectivity index (χ4n) is 1.83. The fourth-order valence-corrected chi connectivity index (χ4v) is 1.83. The maximum atomic E-state index is 11.9. The van der Waals surface area contributed by atoms with Gasteiger partial charge in [-0.2, -0.15) is 0 Å². The number of aliphatic hydroxyl groups excluding tert-OH is 1. The summed E-state index contributed by atoms with van der Waals surface area (Å²) in [4.78, 5) is 39.0. The van der Waals surface area contributed by atoms with Crippen molar-refractivity contribution >= 4 is 28.7 Å². The molecule has 0 aliphatic heterocycles. The van der Waals surface area contributed by atoms with Crippen LogP contribution in [0.2, 0.25) is 0 Å². The van der Waals surface area contributed by atoms with Gasteiger partial charge in [0, 0.05) is 22.7 Å². The summed E-state index contributed by atoms with van der Waals surface area (Å²) < 4.78 is 9.85. The van der Waals surface area contributed by atoms with Gasteiger partial charge in [-0.1, -0.05) is 0 Å². The zero-order valence-corrected chi connectivity index (χ0v) is 12.6. The van der Waals surface area contributed by atoms with Crippen molar-refractivity contribution in [3.63, 3.8) is 0 Å². The fraction of sp³-hybridized carbons (Fsp3) is 0.214. The van der Waals surface area contributed by atoms with E-state index < -0.39 is 30.3 Å². The third-order valence-electron chi connectivity index (χ3n) is 3.07. The van der Waals surface area contributed by atoms with Crippen molar-refractivity contribution in [2.75, 3.05) is 12.3 Å². The van der Waals surface area contributed by atoms with Crippen LogP contribution in [0.4, 0.5) is 10.5 Å². The number of nitrogens with two attached hydrogens (primary N) is 2. The monoisotopic (exact) mass is 337 g/mol. The lowest BCUT2D eigenvalue weighted by molar-refractivity contribution is -0.151. The van der Waals surface area contributed by atoms with E-state index in [1.165, 1.54) is 6.07 Å². The predicted octanol–water partition coefficient (Wildman–Crippen LogP) is -0.450. The van der Waals surface area contributed by atoms with Crippen molar-refractivity contribution in [2.45, 2.75) is 13.0 Å². The minimum atomic E-state index is -1.32. The zero-order valence-electron chi connectivity index (χ0n) is 12.6. The quantitative estimate of drug-likeness (QED) is 0.329. The number of carbonyl (C=O) groups excluding carboxylic acids is 2. The third-order valence-corrected chi connectivity index (χ3v) is 3.07. The summed E-state index contributed by atoms with van der Waals surface area (Å²) >= 11 is 0. The highest BCUT2D eigenvalue weighted by atomic mass is 16.7. The predicted molar refractivity (Wildman–Crippen MR) is 81.9 cm³/mol. The molecule has 6 N–H and O–H groups in total. The number of rotatable bonds is 3. The highest BCUT2D eigenvalue weighted by molar-refractivity contribution is 5.85. The van der Waals surface area contributed by atoms with E-state index in [0.717, 1.165) is 0 Å². The number of ether oxygens (including phenoxy) is 1. The van der Waals surface area contributed by atoms with Crippen LogP contribution in [0.25, 0.3) is 11.0 Å². The molecule has 0 aliphatic rings. The molecule has 0 saturated carbocycles. The highest BCUT2D eigenvalue weighted by Gasteiger charge is 2.19. The van der Waals surface area contributed by atoms with E-state index in [1.54, 1.807) is 24.5 Å². The van der Waals surface area contributed by atoms with E-state index in [2.05, 4.69) is 4.84 Å². The maximum Gasteiger partial charge on any atom is 0.446 e. The van der Waals surface area contributed by atoms with Crippen LogP contribution in [0.3, 0.4) is 0 Å². The maximum absolute atomic E-state index is 11.9. The van der Waals surface area contributed by atoms with E-state index in [1.807, 2.05) is 0 Å². The molecular formula is C14H15N3O7. The second kappa shape index (κ2) is 6.98. The molecule has 10 nitrogen and oxygen atoms in total. The van der Waals surface area contributed by atoms with Gasteiger partial charge in [-0.05, 0) is 19.1 Å². The molecule has 0 fully saturated rings. The molecule has 128 valence electrons. The summed E-state index contributed by atoms with van der Waals surface area (Å²) in [6.07, 6.45) is -1.24. The molecular weight excluding hydrogens is 322 g/mol. The number of anilines is 1. The van der Waals surface area contributed by atoms with Gasteiger partial charge in [-0.3, -0.25) is 0 Å². The van der Waals surface area contributed by atoms with Gasteiger partial charge in [0.1, 0.15) is 11.6 Å². The Bertz CT molecular complexity index is 846. The number of nitrogen functional groups attached to an aromatic ring is 1. The second-order valence-electron chi connectivity index (χ2n) is 4.80. The van der Waals surface area contributed by atoms with Crippen LogP contribution in [-0.2, 0) is 9.63 Å². The second-order valence-corrected chi connectivity index (χ2v) is 4.80. The minimum Gasteiger partial charge on any atom is -0.420 e. The summed E-state index contributed by atoms with van der Waals surface area (Å²) in [6.45, 7) is 0.887. The molecule has 0 radical (unpaired) electrons. The van der Waals surface area contributed by atoms with Crippen molar-refractivity contribution in [3.05, 3.63) is 34.2 Å². The molecule has 24 heavy (non-hydrogen) atoms. The Labute approximate surface area is 134 Å². The minimum absolute atomic E-state index is 0.241. The molecule has 1 atom stereocenters. The number of hydrogen-bond acceptors (Lipinski definition) is 9. The molecule has 1 aromatic heterocycles. The van der Waals surface area contributed by atoms with Crippen LogP contribution in [0.15, 0.2) is 27.4 Å². The number of carbonyl (C=O) groups is 2. The molecule has 1 aromatic carbocycles. The number of amides is 1. The summed E-state index contributed by atoms with van der Waals surface area (Å²) in [5, 5.41) is 9.19. The Hall–Kier alpha value is -3.11. The number of aryl methyl sites for hydroxylation is 1. The van der Waals surface area contributed by atoms with Gasteiger partial charge in [0.15, 0.2) is 0 Å². The largest absolute Gasteiger partial charge is 0.446 e. The van der Waals surface area contributed by atoms with E-state index in [4.69, 9.17) is 25.7 Å². The van der Waals surface area contributed by atoms with Gasteiger partial charge in [-0.25, -0.2) is 14.4 Å². The lowest BCUT2D eigenvalue weighted by Crippen LogP contribution is -2.41. The first kappa shape index (κ1) is 17.2. The Morgan fingerprint density at radius 1 is 1.42 bits per heavy atom. The molecule has 0 aliphatic carbocycles. The van der Waals surface area contributed by atoms with E-state index in [0.29, 0.717) is 16.6 Å². The van der Waals surface area contributed by atoms with Gasteiger partial charge in [0.05, 0.1) is 6.61 Å². The first-order chi connectivity index (χ1) is 11.3. The van der Waals surface area contributed by atoms with Gasteiger partial charge < -0.3 is 30.6 Å². The Morgan fingerprint density at radius 2 is 2.12 bits per heavy atom. The van der Waals surface area contributed by atoms with Crippen molar-refractivity contribution in [3.8, 4) is 5.75 Å². The lowest BCUT2D eigenvalue weighted by atomic mass is 10.1. The number of fused-ring (bicyclic) bond motifs is 1. The van der Waals surface area contributed by atoms with Gasteiger partial charge in [-0.15, -0.1) is 5.48 Å². The summed E-state index contributed by atoms with van der Waals surface area (Å²) in [5.74, 6) is -1.44. The van der Waals surface area contributed by atoms with E-state index in [-0.39, 0.29) is 11.3 Å². The standard InChI is InChI=1S/C14H15N3O7/c1-6-8-3-2-7(15)4-10(8)22-13(20)11(6)23-14(21)17-24-12(19)9(16)5-18/h2-4,9,18H,5,15-16H2,1H3,(H,17,21). The van der Waals surface area contributed by atoms with Crippen LogP contribution >= 0.6 is 0 Å². The van der Waals surface area contributed by atoms with Crippen LogP contribution in [0.1, 0.15) is 5.56 Å². The molecule has 2 aromatic rings. The van der Waals surface area contributed by atoms with Gasteiger partial charge >= 0.3 is 17.7 Å². The van der Waals surface area contributed by atoms with Crippen molar-refractivity contribution < 1.29 is 28.7 Å². The molecule has 0 bridgehead atoms. The topological polar surface area (TPSA) is 167 Å². The Morgan fingerprint density at radius 3 is 2.79 bits per heavy atom. The lowest BCUT2D eigenvalue weighted by Gasteiger charge is -2.10. The number of hydroxylamine groups is 1. The van der Waals surface area contributed by atoms with E-state index in [9.17, 15) is 14.4 Å².